The zero-order valence-corrected chi connectivity index (χ0v) is 16.5. The van der Waals surface area contributed by atoms with Crippen LogP contribution in [-0.4, -0.2) is 31.3 Å². The van der Waals surface area contributed by atoms with E-state index in [1.165, 1.54) is 0 Å². The minimum atomic E-state index is -0.589. The van der Waals surface area contributed by atoms with E-state index in [1.807, 2.05) is 69.4 Å². The summed E-state index contributed by atoms with van der Waals surface area (Å²) in [6.45, 7) is 5.44. The quantitative estimate of drug-likeness (QED) is 0.546. The maximum atomic E-state index is 12.1. The molecule has 1 aromatic carbocycles. The third-order valence-corrected chi connectivity index (χ3v) is 4.12. The van der Waals surface area contributed by atoms with Gasteiger partial charge >= 0.3 is 6.09 Å². The van der Waals surface area contributed by atoms with Gasteiger partial charge < -0.3 is 4.74 Å². The second kappa shape index (κ2) is 7.35. The van der Waals surface area contributed by atoms with Crippen molar-refractivity contribution in [3.05, 3.63) is 67.1 Å². The fourth-order valence-electron chi connectivity index (χ4n) is 3.01. The summed E-state index contributed by atoms with van der Waals surface area (Å²) in [5.74, 6) is 0.394. The lowest BCUT2D eigenvalue weighted by Gasteiger charge is -2.19. The van der Waals surface area contributed by atoms with Crippen molar-refractivity contribution in [1.82, 2.24) is 19.6 Å². The van der Waals surface area contributed by atoms with Crippen molar-refractivity contribution in [2.24, 2.45) is 0 Å². The molecule has 29 heavy (non-hydrogen) atoms. The van der Waals surface area contributed by atoms with Gasteiger partial charge in [-0.2, -0.15) is 5.10 Å². The van der Waals surface area contributed by atoms with Gasteiger partial charge in [0.15, 0.2) is 5.65 Å². The summed E-state index contributed by atoms with van der Waals surface area (Å²) in [5.41, 5.74) is 3.63. The van der Waals surface area contributed by atoms with Gasteiger partial charge in [-0.25, -0.2) is 19.3 Å². The molecule has 0 spiro atoms. The minimum absolute atomic E-state index is 0.394. The lowest BCUT2D eigenvalue weighted by molar-refractivity contribution is 0.0635. The second-order valence-corrected chi connectivity index (χ2v) is 7.53. The predicted octanol–water partition coefficient (Wildman–Crippen LogP) is 4.81. The fourth-order valence-corrected chi connectivity index (χ4v) is 3.01. The van der Waals surface area contributed by atoms with Gasteiger partial charge in [0, 0.05) is 24.2 Å². The third kappa shape index (κ3) is 4.08. The summed E-state index contributed by atoms with van der Waals surface area (Å²) in [6, 6.07) is 15.4. The minimum Gasteiger partial charge on any atom is -0.444 e. The van der Waals surface area contributed by atoms with Gasteiger partial charge in [0.1, 0.15) is 17.1 Å². The second-order valence-electron chi connectivity index (χ2n) is 7.53. The number of rotatable bonds is 3. The maximum absolute atomic E-state index is 12.1. The molecule has 0 fully saturated rings. The number of carbonyl (C=O) groups is 1. The molecule has 0 aliphatic rings. The predicted molar refractivity (Wildman–Crippen MR) is 112 cm³/mol. The van der Waals surface area contributed by atoms with E-state index in [2.05, 4.69) is 15.3 Å². The summed E-state index contributed by atoms with van der Waals surface area (Å²) in [4.78, 5) is 20.9. The van der Waals surface area contributed by atoms with E-state index in [1.54, 1.807) is 23.0 Å². The van der Waals surface area contributed by atoms with E-state index >= 15 is 0 Å². The summed E-state index contributed by atoms with van der Waals surface area (Å²) in [7, 11) is 0. The maximum Gasteiger partial charge on any atom is 0.413 e. The number of fused-ring (bicyclic) bond motifs is 1. The number of ether oxygens (including phenoxy) is 1. The Hall–Kier alpha value is -3.74. The molecule has 0 saturated heterocycles. The molecule has 0 atom stereocenters. The molecule has 7 heteroatoms. The van der Waals surface area contributed by atoms with Crippen LogP contribution in [0.2, 0.25) is 0 Å². The first-order valence-corrected chi connectivity index (χ1v) is 9.26. The van der Waals surface area contributed by atoms with E-state index in [0.29, 0.717) is 5.82 Å². The van der Waals surface area contributed by atoms with Crippen LogP contribution < -0.4 is 5.32 Å². The molecule has 1 N–H and O–H groups in total. The molecule has 1 amide bonds. The van der Waals surface area contributed by atoms with Crippen LogP contribution in [0.15, 0.2) is 67.1 Å². The van der Waals surface area contributed by atoms with Crippen LogP contribution in [0.3, 0.4) is 0 Å². The summed E-state index contributed by atoms with van der Waals surface area (Å²) >= 11 is 0. The molecular weight excluding hydrogens is 366 g/mol. The fraction of sp³-hybridized carbons (Fsp3) is 0.182. The first-order chi connectivity index (χ1) is 13.9. The van der Waals surface area contributed by atoms with Crippen molar-refractivity contribution in [2.75, 3.05) is 5.32 Å². The molecule has 0 radical (unpaired) electrons. The summed E-state index contributed by atoms with van der Waals surface area (Å²) < 4.78 is 7.07. The molecule has 3 heterocycles. The van der Waals surface area contributed by atoms with Crippen molar-refractivity contribution >= 4 is 17.6 Å². The molecule has 4 aromatic rings. The van der Waals surface area contributed by atoms with E-state index < -0.39 is 11.7 Å². The van der Waals surface area contributed by atoms with Crippen molar-refractivity contribution in [2.45, 2.75) is 26.4 Å². The number of nitrogens with zero attached hydrogens (tertiary/aromatic N) is 4. The number of hydrogen-bond acceptors (Lipinski definition) is 5. The molecule has 0 bridgehead atoms. The lowest BCUT2D eigenvalue weighted by Crippen LogP contribution is -2.27. The topological polar surface area (TPSA) is 81.4 Å². The highest BCUT2D eigenvalue weighted by atomic mass is 16.6. The average Bonchev–Trinajstić information content (AvgIpc) is 3.07. The standard InChI is InChI=1S/C22H21N5O2/c1-22(2,3)29-21(28)25-17-14-16(10-12-23-17)18-19(15-8-5-4-6-9-15)26-27-13-7-11-24-20(18)27/h4-14H,1-3H3,(H,23,25,28). The molecule has 4 rings (SSSR count). The number of aromatic nitrogens is 4. The summed E-state index contributed by atoms with van der Waals surface area (Å²) in [5, 5.41) is 7.41. The number of nitrogens with one attached hydrogen (secondary N) is 1. The Kier molecular flexibility index (Phi) is 4.72. The van der Waals surface area contributed by atoms with Gasteiger partial charge in [-0.05, 0) is 44.5 Å². The van der Waals surface area contributed by atoms with Crippen LogP contribution in [-0.2, 0) is 4.74 Å². The van der Waals surface area contributed by atoms with Gasteiger partial charge in [-0.3, -0.25) is 5.32 Å². The molecule has 3 aromatic heterocycles. The van der Waals surface area contributed by atoms with Crippen molar-refractivity contribution in [1.29, 1.82) is 0 Å². The number of amides is 1. The Morgan fingerprint density at radius 2 is 1.79 bits per heavy atom. The van der Waals surface area contributed by atoms with Gasteiger partial charge in [-0.15, -0.1) is 0 Å². The molecule has 0 aliphatic heterocycles. The molecule has 146 valence electrons. The average molecular weight is 387 g/mol. The normalized spacial score (nSPS) is 11.4. The Morgan fingerprint density at radius 3 is 2.55 bits per heavy atom. The van der Waals surface area contributed by atoms with E-state index in [0.717, 1.165) is 28.0 Å². The van der Waals surface area contributed by atoms with E-state index in [-0.39, 0.29) is 0 Å². The molecule has 0 aliphatic carbocycles. The zero-order valence-electron chi connectivity index (χ0n) is 16.5. The van der Waals surface area contributed by atoms with Gasteiger partial charge in [0.2, 0.25) is 0 Å². The highest BCUT2D eigenvalue weighted by Crippen LogP contribution is 2.34. The lowest BCUT2D eigenvalue weighted by atomic mass is 10.0. The summed E-state index contributed by atoms with van der Waals surface area (Å²) in [6.07, 6.45) is 4.68. The first kappa shape index (κ1) is 18.6. The van der Waals surface area contributed by atoms with Crippen LogP contribution in [0.4, 0.5) is 10.6 Å². The molecule has 0 unspecified atom stereocenters. The Balaban J connectivity index is 1.78. The molecule has 0 saturated carbocycles. The smallest absolute Gasteiger partial charge is 0.413 e. The highest BCUT2D eigenvalue weighted by Gasteiger charge is 2.19. The SMILES string of the molecule is CC(C)(C)OC(=O)Nc1cc(-c2c(-c3ccccc3)nn3cccnc23)ccn1. The van der Waals surface area contributed by atoms with Gasteiger partial charge in [0.25, 0.3) is 0 Å². The molecule has 7 nitrogen and oxygen atoms in total. The van der Waals surface area contributed by atoms with Gasteiger partial charge in [-0.1, -0.05) is 30.3 Å². The van der Waals surface area contributed by atoms with Crippen molar-refractivity contribution in [3.8, 4) is 22.4 Å². The van der Waals surface area contributed by atoms with E-state index in [9.17, 15) is 4.79 Å². The van der Waals surface area contributed by atoms with Crippen LogP contribution in [0.5, 0.6) is 0 Å². The monoisotopic (exact) mass is 387 g/mol. The number of pyridine rings is 1. The number of carbonyl (C=O) groups excluding carboxylic acids is 1. The van der Waals surface area contributed by atoms with Crippen molar-refractivity contribution < 1.29 is 9.53 Å². The van der Waals surface area contributed by atoms with Gasteiger partial charge in [0.05, 0.1) is 5.56 Å². The largest absolute Gasteiger partial charge is 0.444 e. The Labute approximate surface area is 168 Å². The van der Waals surface area contributed by atoms with Crippen LogP contribution >= 0.6 is 0 Å². The highest BCUT2D eigenvalue weighted by molar-refractivity contribution is 5.92. The van der Waals surface area contributed by atoms with Crippen molar-refractivity contribution in [3.63, 3.8) is 0 Å². The Morgan fingerprint density at radius 1 is 1.00 bits per heavy atom. The van der Waals surface area contributed by atoms with Crippen LogP contribution in [0.25, 0.3) is 28.0 Å². The number of hydrogen-bond donors (Lipinski definition) is 1. The third-order valence-electron chi connectivity index (χ3n) is 4.12. The molecular formula is C22H21N5O2. The zero-order chi connectivity index (χ0) is 20.4. The first-order valence-electron chi connectivity index (χ1n) is 9.26. The number of benzene rings is 1. The van der Waals surface area contributed by atoms with Crippen LogP contribution in [0.1, 0.15) is 20.8 Å². The number of anilines is 1. The Bertz CT molecular complexity index is 1160. The van der Waals surface area contributed by atoms with Crippen LogP contribution in [0, 0.1) is 0 Å². The van der Waals surface area contributed by atoms with E-state index in [4.69, 9.17) is 9.84 Å².